The molecule has 0 amide bonds. The number of hydrogen-bond acceptors (Lipinski definition) is 9. The summed E-state index contributed by atoms with van der Waals surface area (Å²) in [4.78, 5) is 17.6. The van der Waals surface area contributed by atoms with E-state index < -0.39 is 18.2 Å². The standard InChI is InChI=1S/C33H42N2O7/c1-19-13-24-7-5-10-31(37)42-33-21(3)28(41-32(22(33)4)20(2)11-12-34)8-6-9-30-35-27(18-38-30)29-16-23(36)15-26(40-29)17-25(14-19)39-24/h5-6,9-11,18,21-26,28-29,32-33,36H,1,7-8,13-17H2,2-4H3/t21?,22-,23?,24?,25?,26?,28?,29?,32?,33?/m0/s1. The molecular weight excluding hydrogens is 536 g/mol. The summed E-state index contributed by atoms with van der Waals surface area (Å²) in [6, 6.07) is 2.09. The fourth-order valence-electron chi connectivity index (χ4n) is 6.81. The van der Waals surface area contributed by atoms with E-state index in [2.05, 4.69) is 17.6 Å². The molecule has 8 bridgehead atoms. The summed E-state index contributed by atoms with van der Waals surface area (Å²) in [6.07, 6.45) is 12.1. The van der Waals surface area contributed by atoms with Crippen LogP contribution < -0.4 is 0 Å². The zero-order valence-corrected chi connectivity index (χ0v) is 24.7. The quantitative estimate of drug-likeness (QED) is 0.260. The first-order valence-corrected chi connectivity index (χ1v) is 15.1. The van der Waals surface area contributed by atoms with Gasteiger partial charge >= 0.3 is 5.97 Å². The van der Waals surface area contributed by atoms with Crippen molar-refractivity contribution in [3.05, 3.63) is 59.9 Å². The predicted molar refractivity (Wildman–Crippen MR) is 155 cm³/mol. The van der Waals surface area contributed by atoms with Gasteiger partial charge in [-0.3, -0.25) is 0 Å². The van der Waals surface area contributed by atoms with Crippen molar-refractivity contribution in [2.24, 2.45) is 11.8 Å². The van der Waals surface area contributed by atoms with E-state index >= 15 is 0 Å². The predicted octanol–water partition coefficient (Wildman–Crippen LogP) is 5.53. The van der Waals surface area contributed by atoms with E-state index in [9.17, 15) is 15.2 Å². The van der Waals surface area contributed by atoms with Gasteiger partial charge in [0.15, 0.2) is 0 Å². The molecule has 9 heteroatoms. The molecule has 0 saturated carbocycles. The molecule has 9 unspecified atom stereocenters. The van der Waals surface area contributed by atoms with Crippen LogP contribution in [0.4, 0.5) is 0 Å². The third-order valence-corrected chi connectivity index (χ3v) is 8.89. The van der Waals surface area contributed by atoms with E-state index in [-0.39, 0.29) is 48.5 Å². The second-order valence-corrected chi connectivity index (χ2v) is 12.3. The number of allylic oxidation sites excluding steroid dienone is 1. The fourth-order valence-corrected chi connectivity index (χ4v) is 6.81. The van der Waals surface area contributed by atoms with Gasteiger partial charge in [-0.15, -0.1) is 0 Å². The molecule has 5 rings (SSSR count). The molecule has 3 saturated heterocycles. The minimum atomic E-state index is -0.505. The largest absolute Gasteiger partial charge is 0.458 e. The molecule has 4 aliphatic rings. The number of nitriles is 1. The van der Waals surface area contributed by atoms with Crippen LogP contribution in [0.1, 0.15) is 83.4 Å². The molecule has 10 atom stereocenters. The summed E-state index contributed by atoms with van der Waals surface area (Å²) in [5, 5.41) is 19.9. The number of fused-ring (bicyclic) bond motifs is 9. The molecule has 5 heterocycles. The normalized spacial score (nSPS) is 38.2. The van der Waals surface area contributed by atoms with Gasteiger partial charge < -0.3 is 28.5 Å². The lowest BCUT2D eigenvalue weighted by molar-refractivity contribution is -0.180. The van der Waals surface area contributed by atoms with Crippen LogP contribution in [0, 0.1) is 23.2 Å². The third kappa shape index (κ3) is 7.30. The number of carbonyl (C=O) groups excluding carboxylic acids is 1. The molecule has 1 aromatic rings. The van der Waals surface area contributed by atoms with Gasteiger partial charge in [0, 0.05) is 36.8 Å². The van der Waals surface area contributed by atoms with Crippen molar-refractivity contribution in [2.45, 2.75) is 115 Å². The van der Waals surface area contributed by atoms with Crippen LogP contribution >= 0.6 is 0 Å². The lowest BCUT2D eigenvalue weighted by Gasteiger charge is -2.44. The van der Waals surface area contributed by atoms with Crippen molar-refractivity contribution in [1.29, 1.82) is 5.26 Å². The van der Waals surface area contributed by atoms with Gasteiger partial charge in [0.25, 0.3) is 0 Å². The van der Waals surface area contributed by atoms with E-state index in [1.54, 1.807) is 12.3 Å². The Bertz CT molecular complexity index is 1260. The number of aliphatic hydroxyl groups is 1. The number of oxazole rings is 1. The summed E-state index contributed by atoms with van der Waals surface area (Å²) < 4.78 is 31.0. The minimum absolute atomic E-state index is 0.0834. The highest BCUT2D eigenvalue weighted by molar-refractivity contribution is 5.82. The molecule has 1 N–H and O–H groups in total. The van der Waals surface area contributed by atoms with Crippen LogP contribution in [0.5, 0.6) is 0 Å². The maximum Gasteiger partial charge on any atom is 0.330 e. The summed E-state index contributed by atoms with van der Waals surface area (Å²) >= 11 is 0. The molecule has 0 radical (unpaired) electrons. The Morgan fingerprint density at radius 1 is 1.05 bits per heavy atom. The van der Waals surface area contributed by atoms with Gasteiger partial charge in [0.2, 0.25) is 5.89 Å². The molecule has 0 spiro atoms. The molecule has 226 valence electrons. The van der Waals surface area contributed by atoms with Gasteiger partial charge in [-0.25, -0.2) is 9.78 Å². The highest BCUT2D eigenvalue weighted by Crippen LogP contribution is 2.38. The Hall–Kier alpha value is -3.03. The molecule has 3 fully saturated rings. The number of esters is 1. The lowest BCUT2D eigenvalue weighted by atomic mass is 9.79. The molecule has 0 aromatic carbocycles. The number of ether oxygens (including phenoxy) is 4. The molecular formula is C33H42N2O7. The Morgan fingerprint density at radius 3 is 2.64 bits per heavy atom. The van der Waals surface area contributed by atoms with Crippen LogP contribution in [0.2, 0.25) is 0 Å². The number of nitrogens with zero attached hydrogens (tertiary/aromatic N) is 2. The van der Waals surface area contributed by atoms with E-state index in [1.165, 1.54) is 12.2 Å². The van der Waals surface area contributed by atoms with E-state index in [4.69, 9.17) is 23.4 Å². The minimum Gasteiger partial charge on any atom is -0.458 e. The Labute approximate surface area is 247 Å². The highest BCUT2D eigenvalue weighted by Gasteiger charge is 2.43. The van der Waals surface area contributed by atoms with Crippen molar-refractivity contribution >= 4 is 12.0 Å². The van der Waals surface area contributed by atoms with Crippen LogP contribution in [0.3, 0.4) is 0 Å². The number of aliphatic hydroxyl groups excluding tert-OH is 1. The SMILES string of the molecule is C=C1CC2CC=CC(=O)OC3C(C)C(CC=Cc4nc(co4)C4CC(O)CC(CC(C1)O2)O4)OC(C(C)=CC#N)[C@@H]3C. The average molecular weight is 579 g/mol. The molecule has 0 aliphatic carbocycles. The Balaban J connectivity index is 1.42. The Morgan fingerprint density at radius 2 is 1.83 bits per heavy atom. The summed E-state index contributed by atoms with van der Waals surface area (Å²) in [5.41, 5.74) is 2.55. The third-order valence-electron chi connectivity index (χ3n) is 8.89. The van der Waals surface area contributed by atoms with Crippen molar-refractivity contribution in [3.8, 4) is 6.07 Å². The van der Waals surface area contributed by atoms with Crippen molar-refractivity contribution in [1.82, 2.24) is 4.98 Å². The first kappa shape index (κ1) is 30.4. The van der Waals surface area contributed by atoms with Crippen LogP contribution in [-0.2, 0) is 23.7 Å². The summed E-state index contributed by atoms with van der Waals surface area (Å²) in [5.74, 6) is -0.204. The maximum absolute atomic E-state index is 13.0. The number of hydrogen-bond donors (Lipinski definition) is 1. The first-order chi connectivity index (χ1) is 20.2. The zero-order chi connectivity index (χ0) is 29.8. The van der Waals surface area contributed by atoms with Crippen molar-refractivity contribution in [2.75, 3.05) is 0 Å². The second kappa shape index (κ2) is 13.5. The van der Waals surface area contributed by atoms with E-state index in [1.807, 2.05) is 32.9 Å². The van der Waals surface area contributed by atoms with E-state index in [0.717, 1.165) is 24.0 Å². The molecule has 1 aromatic heterocycles. The average Bonchev–Trinajstić information content (AvgIpc) is 3.40. The molecule has 4 aliphatic heterocycles. The van der Waals surface area contributed by atoms with E-state index in [0.29, 0.717) is 43.7 Å². The van der Waals surface area contributed by atoms with Crippen LogP contribution in [0.25, 0.3) is 6.08 Å². The summed E-state index contributed by atoms with van der Waals surface area (Å²) in [7, 11) is 0. The van der Waals surface area contributed by atoms with Crippen molar-refractivity contribution < 1.29 is 33.3 Å². The van der Waals surface area contributed by atoms with Crippen molar-refractivity contribution in [3.63, 3.8) is 0 Å². The fraction of sp³-hybridized carbons (Fsp3) is 0.606. The van der Waals surface area contributed by atoms with Gasteiger partial charge in [-0.2, -0.15) is 5.26 Å². The first-order valence-electron chi connectivity index (χ1n) is 15.1. The molecule has 42 heavy (non-hydrogen) atoms. The van der Waals surface area contributed by atoms with Gasteiger partial charge in [-0.05, 0) is 50.7 Å². The van der Waals surface area contributed by atoms with Gasteiger partial charge in [0.1, 0.15) is 24.2 Å². The lowest BCUT2D eigenvalue weighted by Crippen LogP contribution is -2.50. The number of aromatic nitrogens is 1. The smallest absolute Gasteiger partial charge is 0.330 e. The Kier molecular flexibility index (Phi) is 9.79. The van der Waals surface area contributed by atoms with Crippen LogP contribution in [-0.4, -0.2) is 58.8 Å². The second-order valence-electron chi connectivity index (χ2n) is 12.3. The van der Waals surface area contributed by atoms with Gasteiger partial charge in [0.05, 0.1) is 42.7 Å². The van der Waals surface area contributed by atoms with Gasteiger partial charge in [-0.1, -0.05) is 38.2 Å². The monoisotopic (exact) mass is 578 g/mol. The topological polar surface area (TPSA) is 124 Å². The number of carbonyl (C=O) groups is 1. The molecule has 9 nitrogen and oxygen atoms in total. The maximum atomic E-state index is 13.0. The summed E-state index contributed by atoms with van der Waals surface area (Å²) in [6.45, 7) is 10.1. The number of rotatable bonds is 1. The van der Waals surface area contributed by atoms with Crippen LogP contribution in [0.15, 0.2) is 52.7 Å². The highest BCUT2D eigenvalue weighted by atomic mass is 16.6. The zero-order valence-electron chi connectivity index (χ0n) is 24.7.